The molecule has 0 saturated heterocycles. The predicted molar refractivity (Wildman–Crippen MR) is 107 cm³/mol. The summed E-state index contributed by atoms with van der Waals surface area (Å²) in [4.78, 5) is 26.5. The molecule has 27 heavy (non-hydrogen) atoms. The Labute approximate surface area is 163 Å². The van der Waals surface area contributed by atoms with Crippen LogP contribution in [0, 0.1) is 5.92 Å². The Kier molecular flexibility index (Phi) is 6.16. The summed E-state index contributed by atoms with van der Waals surface area (Å²) in [7, 11) is 1.58. The Morgan fingerprint density at radius 3 is 2.67 bits per heavy atom. The number of ether oxygens (including phenoxy) is 2. The van der Waals surface area contributed by atoms with Crippen molar-refractivity contribution in [2.45, 2.75) is 39.5 Å². The van der Waals surface area contributed by atoms with E-state index in [9.17, 15) is 9.59 Å². The van der Waals surface area contributed by atoms with E-state index in [0.717, 1.165) is 31.2 Å². The van der Waals surface area contributed by atoms with Crippen molar-refractivity contribution in [1.29, 1.82) is 0 Å². The van der Waals surface area contributed by atoms with E-state index in [0.29, 0.717) is 34.4 Å². The van der Waals surface area contributed by atoms with Gasteiger partial charge in [0.25, 0.3) is 5.91 Å². The molecule has 5 nitrogen and oxygen atoms in total. The number of anilines is 1. The average Bonchev–Trinajstić information content (AvgIpc) is 3.02. The average molecular weight is 388 g/mol. The molecule has 0 radical (unpaired) electrons. The number of rotatable bonds is 6. The summed E-state index contributed by atoms with van der Waals surface area (Å²) in [5, 5.41) is 3.53. The lowest BCUT2D eigenvalue weighted by Crippen LogP contribution is -2.17. The molecule has 1 atom stereocenters. The summed E-state index contributed by atoms with van der Waals surface area (Å²) in [5.74, 6) is 0.694. The van der Waals surface area contributed by atoms with Crippen LogP contribution in [0.5, 0.6) is 5.75 Å². The van der Waals surface area contributed by atoms with E-state index in [1.807, 2.05) is 6.92 Å². The van der Waals surface area contributed by atoms with Crippen LogP contribution in [0.15, 0.2) is 24.3 Å². The summed E-state index contributed by atoms with van der Waals surface area (Å²) < 4.78 is 10.5. The second-order valence-corrected chi connectivity index (χ2v) is 7.98. The molecule has 0 aliphatic heterocycles. The largest absolute Gasteiger partial charge is 0.497 e. The van der Waals surface area contributed by atoms with Gasteiger partial charge in [-0.25, -0.2) is 4.79 Å². The number of esters is 1. The molecular formula is C21H25NO4S. The first kappa shape index (κ1) is 19.4. The van der Waals surface area contributed by atoms with Crippen molar-refractivity contribution in [2.24, 2.45) is 5.92 Å². The minimum absolute atomic E-state index is 0.242. The minimum atomic E-state index is -0.339. The zero-order chi connectivity index (χ0) is 19.4. The van der Waals surface area contributed by atoms with Crippen molar-refractivity contribution in [2.75, 3.05) is 19.0 Å². The van der Waals surface area contributed by atoms with Gasteiger partial charge in [-0.3, -0.25) is 4.79 Å². The van der Waals surface area contributed by atoms with Crippen molar-refractivity contribution in [3.8, 4) is 5.75 Å². The number of hydrogen-bond donors (Lipinski definition) is 1. The van der Waals surface area contributed by atoms with Gasteiger partial charge in [-0.2, -0.15) is 0 Å². The summed E-state index contributed by atoms with van der Waals surface area (Å²) >= 11 is 1.50. The number of amides is 1. The topological polar surface area (TPSA) is 64.6 Å². The van der Waals surface area contributed by atoms with Crippen molar-refractivity contribution >= 4 is 28.2 Å². The first-order valence-electron chi connectivity index (χ1n) is 9.30. The highest BCUT2D eigenvalue weighted by atomic mass is 32.1. The maximum atomic E-state index is 12.7. The number of benzene rings is 1. The number of nitrogens with one attached hydrogen (secondary N) is 1. The van der Waals surface area contributed by atoms with Crippen LogP contribution in [0.25, 0.3) is 0 Å². The molecule has 0 saturated carbocycles. The maximum absolute atomic E-state index is 12.7. The number of carbonyl (C=O) groups excluding carboxylic acids is 2. The second-order valence-electron chi connectivity index (χ2n) is 6.87. The van der Waals surface area contributed by atoms with Gasteiger partial charge in [-0.05, 0) is 61.4 Å². The van der Waals surface area contributed by atoms with E-state index < -0.39 is 0 Å². The third kappa shape index (κ3) is 4.33. The maximum Gasteiger partial charge on any atom is 0.341 e. The standard InChI is InChI=1S/C21H25NO4S/c1-4-11-26-21(24)18-16-10-5-13(2)12-17(16)27-20(18)22-19(23)14-6-8-15(25-3)9-7-14/h6-9,13H,4-5,10-12H2,1-3H3,(H,22,23)/t13-/m0/s1. The molecule has 2 aromatic rings. The molecule has 0 spiro atoms. The zero-order valence-corrected chi connectivity index (χ0v) is 16.8. The predicted octanol–water partition coefficient (Wildman–Crippen LogP) is 4.70. The highest BCUT2D eigenvalue weighted by molar-refractivity contribution is 7.17. The third-order valence-electron chi connectivity index (χ3n) is 4.73. The molecule has 144 valence electrons. The lowest BCUT2D eigenvalue weighted by atomic mass is 9.88. The van der Waals surface area contributed by atoms with Crippen molar-refractivity contribution in [3.05, 3.63) is 45.8 Å². The molecule has 0 bridgehead atoms. The molecule has 1 aromatic carbocycles. The summed E-state index contributed by atoms with van der Waals surface area (Å²) in [6, 6.07) is 6.90. The Morgan fingerprint density at radius 2 is 2.00 bits per heavy atom. The first-order valence-corrected chi connectivity index (χ1v) is 10.1. The Morgan fingerprint density at radius 1 is 1.26 bits per heavy atom. The number of fused-ring (bicyclic) bond motifs is 1. The van der Waals surface area contributed by atoms with Crippen LogP contribution in [0.4, 0.5) is 5.00 Å². The number of methoxy groups -OCH3 is 1. The van der Waals surface area contributed by atoms with Crippen LogP contribution in [0.2, 0.25) is 0 Å². The Bertz CT molecular complexity index is 825. The summed E-state index contributed by atoms with van der Waals surface area (Å²) in [6.45, 7) is 4.56. The minimum Gasteiger partial charge on any atom is -0.497 e. The van der Waals surface area contributed by atoms with Crippen molar-refractivity contribution in [3.63, 3.8) is 0 Å². The molecule has 3 rings (SSSR count). The zero-order valence-electron chi connectivity index (χ0n) is 16.0. The van der Waals surface area contributed by atoms with E-state index in [4.69, 9.17) is 9.47 Å². The normalized spacial score (nSPS) is 15.7. The highest BCUT2D eigenvalue weighted by Gasteiger charge is 2.29. The van der Waals surface area contributed by atoms with Gasteiger partial charge in [0.1, 0.15) is 10.8 Å². The van der Waals surface area contributed by atoms with E-state index in [2.05, 4.69) is 12.2 Å². The fourth-order valence-electron chi connectivity index (χ4n) is 3.24. The molecule has 1 aliphatic rings. The molecule has 0 fully saturated rings. The highest BCUT2D eigenvalue weighted by Crippen LogP contribution is 2.40. The quantitative estimate of drug-likeness (QED) is 0.730. The molecule has 1 N–H and O–H groups in total. The van der Waals surface area contributed by atoms with Crippen molar-refractivity contribution < 1.29 is 19.1 Å². The molecule has 1 amide bonds. The number of carbonyl (C=O) groups is 2. The fraction of sp³-hybridized carbons (Fsp3) is 0.429. The van der Waals surface area contributed by atoms with Gasteiger partial charge in [0, 0.05) is 10.4 Å². The van der Waals surface area contributed by atoms with Crippen molar-refractivity contribution in [1.82, 2.24) is 0 Å². The van der Waals surface area contributed by atoms with Gasteiger partial charge in [-0.15, -0.1) is 11.3 Å². The third-order valence-corrected chi connectivity index (χ3v) is 5.90. The summed E-state index contributed by atoms with van der Waals surface area (Å²) in [6.07, 6.45) is 3.60. The van der Waals surface area contributed by atoms with Gasteiger partial charge in [-0.1, -0.05) is 13.8 Å². The van der Waals surface area contributed by atoms with Gasteiger partial charge in [0.05, 0.1) is 19.3 Å². The SMILES string of the molecule is CCCOC(=O)c1c(NC(=O)c2ccc(OC)cc2)sc2c1CC[C@H](C)C2. The number of thiophene rings is 1. The van der Waals surface area contributed by atoms with Gasteiger partial charge < -0.3 is 14.8 Å². The van der Waals surface area contributed by atoms with E-state index in [1.165, 1.54) is 16.2 Å². The molecule has 1 aliphatic carbocycles. The smallest absolute Gasteiger partial charge is 0.341 e. The molecule has 1 aromatic heterocycles. The van der Waals surface area contributed by atoms with E-state index in [1.54, 1.807) is 31.4 Å². The monoisotopic (exact) mass is 387 g/mol. The van der Waals surface area contributed by atoms with Crippen LogP contribution in [0.3, 0.4) is 0 Å². The van der Waals surface area contributed by atoms with Gasteiger partial charge >= 0.3 is 5.97 Å². The fourth-order valence-corrected chi connectivity index (χ4v) is 4.63. The van der Waals surface area contributed by atoms with Crippen LogP contribution in [0.1, 0.15) is 57.8 Å². The summed E-state index contributed by atoms with van der Waals surface area (Å²) in [5.41, 5.74) is 2.10. The van der Waals surface area contributed by atoms with Crippen LogP contribution in [-0.2, 0) is 17.6 Å². The Balaban J connectivity index is 1.88. The van der Waals surface area contributed by atoms with Gasteiger partial charge in [0.2, 0.25) is 0 Å². The molecular weight excluding hydrogens is 362 g/mol. The lowest BCUT2D eigenvalue weighted by Gasteiger charge is -2.18. The second kappa shape index (κ2) is 8.57. The van der Waals surface area contributed by atoms with Gasteiger partial charge in [0.15, 0.2) is 0 Å². The van der Waals surface area contributed by atoms with Crippen LogP contribution in [-0.4, -0.2) is 25.6 Å². The van der Waals surface area contributed by atoms with Crippen LogP contribution < -0.4 is 10.1 Å². The van der Waals surface area contributed by atoms with E-state index in [-0.39, 0.29) is 11.9 Å². The Hall–Kier alpha value is -2.34. The van der Waals surface area contributed by atoms with Crippen LogP contribution >= 0.6 is 11.3 Å². The van der Waals surface area contributed by atoms with E-state index >= 15 is 0 Å². The molecule has 6 heteroatoms. The number of hydrogen-bond acceptors (Lipinski definition) is 5. The molecule has 1 heterocycles. The first-order chi connectivity index (χ1) is 13.0. The lowest BCUT2D eigenvalue weighted by molar-refractivity contribution is 0.0505. The molecule has 0 unspecified atom stereocenters.